The molecule has 0 spiro atoms. The van der Waals surface area contributed by atoms with Crippen molar-refractivity contribution in [1.82, 2.24) is 0 Å². The Morgan fingerprint density at radius 3 is 0.944 bits per heavy atom. The Hall–Kier alpha value is -1.40. The summed E-state index contributed by atoms with van der Waals surface area (Å²) in [4.78, 5) is 0. The second-order valence-corrected chi connectivity index (χ2v) is 4.50. The fourth-order valence-electron chi connectivity index (χ4n) is 1.14. The summed E-state index contributed by atoms with van der Waals surface area (Å²) in [6, 6.07) is 0. The molecular formula is C12H16O4S2. The summed E-state index contributed by atoms with van der Waals surface area (Å²) in [5, 5.41) is 7.61. The Labute approximate surface area is 115 Å². The van der Waals surface area contributed by atoms with Gasteiger partial charge in [-0.05, 0) is 0 Å². The molecule has 0 amide bonds. The third-order valence-corrected chi connectivity index (χ3v) is 3.47. The molecule has 0 aliphatic rings. The molecule has 0 unspecified atom stereocenters. The van der Waals surface area contributed by atoms with Gasteiger partial charge in [0.1, 0.15) is 0 Å². The molecule has 2 heterocycles. The van der Waals surface area contributed by atoms with Crippen LogP contribution < -0.4 is 18.9 Å². The Bertz CT molecular complexity index is 371. The monoisotopic (exact) mass is 288 g/mol. The van der Waals surface area contributed by atoms with Crippen LogP contribution in [0.2, 0.25) is 0 Å². The van der Waals surface area contributed by atoms with Crippen LogP contribution in [-0.4, -0.2) is 28.4 Å². The summed E-state index contributed by atoms with van der Waals surface area (Å²) in [6.07, 6.45) is 0. The Kier molecular flexibility index (Phi) is 6.38. The van der Waals surface area contributed by atoms with Gasteiger partial charge >= 0.3 is 0 Å². The molecule has 0 saturated heterocycles. The highest BCUT2D eigenvalue weighted by Crippen LogP contribution is 2.30. The molecule has 0 radical (unpaired) electrons. The van der Waals surface area contributed by atoms with E-state index in [0.717, 1.165) is 23.0 Å². The SMILES string of the molecule is COc1cscc1OC.COc1cscc1OC. The average molecular weight is 288 g/mol. The molecule has 0 bridgehead atoms. The van der Waals surface area contributed by atoms with Gasteiger partial charge in [-0.15, -0.1) is 22.7 Å². The number of rotatable bonds is 4. The molecule has 4 nitrogen and oxygen atoms in total. The number of ether oxygens (including phenoxy) is 4. The summed E-state index contributed by atoms with van der Waals surface area (Å²) in [6.45, 7) is 0. The first-order valence-corrected chi connectivity index (χ1v) is 6.93. The molecule has 2 aromatic rings. The highest BCUT2D eigenvalue weighted by atomic mass is 32.1. The van der Waals surface area contributed by atoms with E-state index in [1.807, 2.05) is 21.5 Å². The maximum atomic E-state index is 4.96. The van der Waals surface area contributed by atoms with E-state index in [1.54, 1.807) is 51.1 Å². The number of thiophene rings is 2. The van der Waals surface area contributed by atoms with Crippen molar-refractivity contribution in [2.75, 3.05) is 28.4 Å². The number of hydrogen-bond acceptors (Lipinski definition) is 6. The van der Waals surface area contributed by atoms with Crippen LogP contribution in [0.15, 0.2) is 21.5 Å². The highest BCUT2D eigenvalue weighted by Gasteiger charge is 2.01. The van der Waals surface area contributed by atoms with E-state index >= 15 is 0 Å². The molecule has 0 atom stereocenters. The van der Waals surface area contributed by atoms with Crippen molar-refractivity contribution >= 4 is 22.7 Å². The lowest BCUT2D eigenvalue weighted by atomic mass is 10.5. The van der Waals surface area contributed by atoms with Crippen LogP contribution in [-0.2, 0) is 0 Å². The van der Waals surface area contributed by atoms with E-state index in [2.05, 4.69) is 0 Å². The van der Waals surface area contributed by atoms with Gasteiger partial charge < -0.3 is 18.9 Å². The minimum atomic E-state index is 0.808. The standard InChI is InChI=1S/2C6H8O2S/c2*1-7-5-3-9-4-6(5)8-2/h2*3-4H,1-2H3. The van der Waals surface area contributed by atoms with Gasteiger partial charge in [-0.25, -0.2) is 0 Å². The quantitative estimate of drug-likeness (QED) is 0.862. The second kappa shape index (κ2) is 7.84. The largest absolute Gasteiger partial charge is 0.492 e. The average Bonchev–Trinajstić information content (AvgIpc) is 3.06. The van der Waals surface area contributed by atoms with Gasteiger partial charge in [0.05, 0.1) is 28.4 Å². The van der Waals surface area contributed by atoms with Crippen LogP contribution in [0, 0.1) is 0 Å². The molecule has 0 fully saturated rings. The molecule has 0 aromatic carbocycles. The molecule has 0 N–H and O–H groups in total. The maximum Gasteiger partial charge on any atom is 0.171 e. The third kappa shape index (κ3) is 3.82. The van der Waals surface area contributed by atoms with E-state index in [1.165, 1.54) is 0 Å². The Morgan fingerprint density at radius 2 is 0.778 bits per heavy atom. The summed E-state index contributed by atoms with van der Waals surface area (Å²) in [5.41, 5.74) is 0. The second-order valence-electron chi connectivity index (χ2n) is 3.02. The van der Waals surface area contributed by atoms with Gasteiger partial charge in [-0.3, -0.25) is 0 Å². The summed E-state index contributed by atoms with van der Waals surface area (Å²) in [7, 11) is 6.52. The fourth-order valence-corrected chi connectivity index (χ4v) is 2.62. The maximum absolute atomic E-state index is 4.96. The summed E-state index contributed by atoms with van der Waals surface area (Å²) < 4.78 is 19.8. The molecule has 6 heteroatoms. The zero-order valence-electron chi connectivity index (χ0n) is 10.8. The van der Waals surface area contributed by atoms with E-state index < -0.39 is 0 Å². The first-order chi connectivity index (χ1) is 8.76. The predicted octanol–water partition coefficient (Wildman–Crippen LogP) is 3.53. The van der Waals surface area contributed by atoms with Crippen LogP contribution in [0.5, 0.6) is 23.0 Å². The van der Waals surface area contributed by atoms with Gasteiger partial charge in [-0.2, -0.15) is 0 Å². The van der Waals surface area contributed by atoms with E-state index in [-0.39, 0.29) is 0 Å². The van der Waals surface area contributed by atoms with E-state index in [9.17, 15) is 0 Å². The van der Waals surface area contributed by atoms with Crippen LogP contribution >= 0.6 is 22.7 Å². The highest BCUT2D eigenvalue weighted by molar-refractivity contribution is 7.08. The van der Waals surface area contributed by atoms with Crippen LogP contribution in [0.4, 0.5) is 0 Å². The topological polar surface area (TPSA) is 36.9 Å². The van der Waals surface area contributed by atoms with Crippen molar-refractivity contribution in [3.63, 3.8) is 0 Å². The van der Waals surface area contributed by atoms with Crippen molar-refractivity contribution in [1.29, 1.82) is 0 Å². The summed E-state index contributed by atoms with van der Waals surface area (Å²) in [5.74, 6) is 3.23. The molecule has 18 heavy (non-hydrogen) atoms. The first-order valence-electron chi connectivity index (χ1n) is 5.05. The molecule has 0 aliphatic carbocycles. The van der Waals surface area contributed by atoms with Gasteiger partial charge in [0.15, 0.2) is 23.0 Å². The van der Waals surface area contributed by atoms with Gasteiger partial charge in [-0.1, -0.05) is 0 Å². The van der Waals surface area contributed by atoms with Crippen molar-refractivity contribution in [3.8, 4) is 23.0 Å². The lowest BCUT2D eigenvalue weighted by Crippen LogP contribution is -1.84. The van der Waals surface area contributed by atoms with Gasteiger partial charge in [0.2, 0.25) is 0 Å². The number of methoxy groups -OCH3 is 4. The Morgan fingerprint density at radius 1 is 0.556 bits per heavy atom. The van der Waals surface area contributed by atoms with Crippen LogP contribution in [0.1, 0.15) is 0 Å². The van der Waals surface area contributed by atoms with E-state index in [4.69, 9.17) is 18.9 Å². The smallest absolute Gasteiger partial charge is 0.171 e. The summed E-state index contributed by atoms with van der Waals surface area (Å²) >= 11 is 3.13. The van der Waals surface area contributed by atoms with Crippen molar-refractivity contribution in [3.05, 3.63) is 21.5 Å². The first kappa shape index (κ1) is 14.7. The molecular weight excluding hydrogens is 272 g/mol. The van der Waals surface area contributed by atoms with Crippen molar-refractivity contribution in [2.45, 2.75) is 0 Å². The zero-order chi connectivity index (χ0) is 13.4. The van der Waals surface area contributed by atoms with Crippen LogP contribution in [0.25, 0.3) is 0 Å². The molecule has 2 aromatic heterocycles. The molecule has 2 rings (SSSR count). The van der Waals surface area contributed by atoms with Gasteiger partial charge in [0.25, 0.3) is 0 Å². The lowest BCUT2D eigenvalue weighted by molar-refractivity contribution is 0.358. The van der Waals surface area contributed by atoms with E-state index in [0.29, 0.717) is 0 Å². The predicted molar refractivity (Wildman–Crippen MR) is 74.8 cm³/mol. The Balaban J connectivity index is 0.000000180. The fraction of sp³-hybridized carbons (Fsp3) is 0.333. The zero-order valence-corrected chi connectivity index (χ0v) is 12.4. The van der Waals surface area contributed by atoms with Crippen molar-refractivity contribution < 1.29 is 18.9 Å². The number of hydrogen-bond donors (Lipinski definition) is 0. The van der Waals surface area contributed by atoms with Crippen molar-refractivity contribution in [2.24, 2.45) is 0 Å². The molecule has 0 saturated carbocycles. The van der Waals surface area contributed by atoms with Crippen LogP contribution in [0.3, 0.4) is 0 Å². The normalized spacial score (nSPS) is 9.11. The third-order valence-electron chi connectivity index (χ3n) is 2.07. The van der Waals surface area contributed by atoms with Gasteiger partial charge in [0, 0.05) is 21.5 Å². The lowest BCUT2D eigenvalue weighted by Gasteiger charge is -1.98. The molecule has 0 aliphatic heterocycles. The minimum absolute atomic E-state index is 0.808. The molecule has 100 valence electrons. The minimum Gasteiger partial charge on any atom is -0.492 e.